The minimum Gasteiger partial charge on any atom is -0.478 e. The molecule has 4 aromatic rings. The fourth-order valence-electron chi connectivity index (χ4n) is 3.76. The number of hydrogen-bond acceptors (Lipinski definition) is 4. The van der Waals surface area contributed by atoms with Gasteiger partial charge in [-0.25, -0.2) is 9.18 Å². The first-order valence-corrected chi connectivity index (χ1v) is 10.2. The summed E-state index contributed by atoms with van der Waals surface area (Å²) in [4.78, 5) is 23.8. The summed E-state index contributed by atoms with van der Waals surface area (Å²) >= 11 is 0. The molecule has 0 fully saturated rings. The molecule has 0 spiro atoms. The fourth-order valence-corrected chi connectivity index (χ4v) is 3.76. The predicted molar refractivity (Wildman–Crippen MR) is 127 cm³/mol. The van der Waals surface area contributed by atoms with Crippen LogP contribution in [0.5, 0.6) is 0 Å². The van der Waals surface area contributed by atoms with Gasteiger partial charge in [0.2, 0.25) is 5.91 Å². The Kier molecular flexibility index (Phi) is 5.66. The van der Waals surface area contributed by atoms with Crippen molar-refractivity contribution in [1.29, 1.82) is 5.41 Å². The predicted octanol–water partition coefficient (Wildman–Crippen LogP) is 5.06. The summed E-state index contributed by atoms with van der Waals surface area (Å²) in [5.74, 6) is -1.24. The second-order valence-electron chi connectivity index (χ2n) is 7.46. The number of carbonyl (C=O) groups is 2. The van der Waals surface area contributed by atoms with Crippen LogP contribution in [0.15, 0.2) is 60.7 Å². The third kappa shape index (κ3) is 3.94. The van der Waals surface area contributed by atoms with Crippen molar-refractivity contribution >= 4 is 40.5 Å². The van der Waals surface area contributed by atoms with Gasteiger partial charge in [-0.1, -0.05) is 19.1 Å². The highest BCUT2D eigenvalue weighted by atomic mass is 19.1. The first-order valence-electron chi connectivity index (χ1n) is 10.2. The Hall–Kier alpha value is -4.46. The number of nitrogens with zero attached hydrogens (tertiary/aromatic N) is 1. The first-order chi connectivity index (χ1) is 15.8. The number of aromatic nitrogens is 1. The molecule has 0 saturated carbocycles. The Morgan fingerprint density at radius 2 is 1.79 bits per heavy atom. The van der Waals surface area contributed by atoms with Crippen molar-refractivity contribution in [3.8, 4) is 16.8 Å². The number of benzene rings is 3. The van der Waals surface area contributed by atoms with E-state index in [2.05, 4.69) is 5.32 Å². The van der Waals surface area contributed by atoms with Crippen LogP contribution in [0.1, 0.15) is 29.3 Å². The van der Waals surface area contributed by atoms with Gasteiger partial charge in [0.1, 0.15) is 11.6 Å². The van der Waals surface area contributed by atoms with Gasteiger partial charge < -0.3 is 21.6 Å². The van der Waals surface area contributed by atoms with Gasteiger partial charge in [-0.15, -0.1) is 0 Å². The number of carboxylic acids is 1. The van der Waals surface area contributed by atoms with E-state index in [9.17, 15) is 19.1 Å². The molecule has 1 aromatic heterocycles. The van der Waals surface area contributed by atoms with Crippen molar-refractivity contribution in [2.75, 3.05) is 11.1 Å². The number of rotatable bonds is 6. The Bertz CT molecular complexity index is 1390. The zero-order valence-corrected chi connectivity index (χ0v) is 17.7. The van der Waals surface area contributed by atoms with Crippen LogP contribution in [0.25, 0.3) is 27.7 Å². The van der Waals surface area contributed by atoms with Crippen LogP contribution in [-0.2, 0) is 4.79 Å². The van der Waals surface area contributed by atoms with E-state index in [1.165, 1.54) is 24.3 Å². The fraction of sp³-hybridized carbons (Fsp3) is 0.0800. The molecule has 166 valence electrons. The standard InChI is InChI=1S/C25H21FN4O3/c1-2-22(31)29-24-23(14-3-5-15(6-4-14)25(32)33)19-12-20(28)16(13-27)11-21(19)30(24)18-9-7-17(26)8-10-18/h3-13,27H,2,28H2,1H3,(H,29,31)(H,32,33). The van der Waals surface area contributed by atoms with Crippen LogP contribution in [-0.4, -0.2) is 27.8 Å². The maximum absolute atomic E-state index is 13.7. The van der Waals surface area contributed by atoms with Gasteiger partial charge in [-0.2, -0.15) is 0 Å². The molecule has 0 aliphatic heterocycles. The Morgan fingerprint density at radius 1 is 1.12 bits per heavy atom. The van der Waals surface area contributed by atoms with Crippen LogP contribution in [0.3, 0.4) is 0 Å². The second-order valence-corrected chi connectivity index (χ2v) is 7.46. The minimum atomic E-state index is -1.05. The lowest BCUT2D eigenvalue weighted by Crippen LogP contribution is -2.13. The number of nitrogens with two attached hydrogens (primary N) is 1. The lowest BCUT2D eigenvalue weighted by atomic mass is 10.0. The van der Waals surface area contributed by atoms with Crippen LogP contribution >= 0.6 is 0 Å². The molecule has 0 bridgehead atoms. The van der Waals surface area contributed by atoms with E-state index in [0.717, 1.165) is 6.21 Å². The molecule has 8 heteroatoms. The second kappa shape index (κ2) is 8.58. The number of nitrogen functional groups attached to an aromatic ring is 1. The van der Waals surface area contributed by atoms with Gasteiger partial charge in [-0.05, 0) is 54.1 Å². The number of halogens is 1. The van der Waals surface area contributed by atoms with Crippen molar-refractivity contribution in [3.63, 3.8) is 0 Å². The molecule has 0 atom stereocenters. The maximum atomic E-state index is 13.7. The molecular weight excluding hydrogens is 423 g/mol. The highest BCUT2D eigenvalue weighted by Gasteiger charge is 2.23. The molecule has 0 aliphatic carbocycles. The summed E-state index contributed by atoms with van der Waals surface area (Å²) < 4.78 is 15.4. The highest BCUT2D eigenvalue weighted by molar-refractivity contribution is 6.10. The van der Waals surface area contributed by atoms with Crippen molar-refractivity contribution in [2.24, 2.45) is 0 Å². The van der Waals surface area contributed by atoms with Gasteiger partial charge in [0.25, 0.3) is 0 Å². The lowest BCUT2D eigenvalue weighted by molar-refractivity contribution is -0.115. The zero-order chi connectivity index (χ0) is 23.7. The van der Waals surface area contributed by atoms with Crippen molar-refractivity contribution in [2.45, 2.75) is 13.3 Å². The van der Waals surface area contributed by atoms with Gasteiger partial charge in [-0.3, -0.25) is 9.36 Å². The number of anilines is 2. The molecular formula is C25H21FN4O3. The van der Waals surface area contributed by atoms with Gasteiger partial charge in [0.15, 0.2) is 0 Å². The maximum Gasteiger partial charge on any atom is 0.335 e. The molecule has 33 heavy (non-hydrogen) atoms. The minimum absolute atomic E-state index is 0.130. The molecule has 4 rings (SSSR count). The molecule has 1 heterocycles. The lowest BCUT2D eigenvalue weighted by Gasteiger charge is -2.14. The highest BCUT2D eigenvalue weighted by Crippen LogP contribution is 2.42. The number of carboxylic acid groups (broad SMARTS) is 1. The molecule has 7 nitrogen and oxygen atoms in total. The largest absolute Gasteiger partial charge is 0.478 e. The van der Waals surface area contributed by atoms with Gasteiger partial charge in [0.05, 0.1) is 11.1 Å². The molecule has 0 radical (unpaired) electrons. The van der Waals surface area contributed by atoms with Crippen molar-refractivity contribution < 1.29 is 19.1 Å². The van der Waals surface area contributed by atoms with E-state index in [4.69, 9.17) is 11.1 Å². The smallest absolute Gasteiger partial charge is 0.335 e. The average Bonchev–Trinajstić information content (AvgIpc) is 3.11. The first kappa shape index (κ1) is 21.8. The monoisotopic (exact) mass is 444 g/mol. The van der Waals surface area contributed by atoms with E-state index < -0.39 is 11.8 Å². The SMILES string of the molecule is CCC(=O)Nc1c(-c2ccc(C(=O)O)cc2)c2cc(N)c(C=N)cc2n1-c1ccc(F)cc1. The van der Waals surface area contributed by atoms with E-state index in [0.29, 0.717) is 44.8 Å². The Morgan fingerprint density at radius 3 is 2.36 bits per heavy atom. The third-order valence-corrected chi connectivity index (χ3v) is 5.41. The zero-order valence-electron chi connectivity index (χ0n) is 17.7. The summed E-state index contributed by atoms with van der Waals surface area (Å²) in [6.45, 7) is 1.73. The third-order valence-electron chi connectivity index (χ3n) is 5.41. The summed E-state index contributed by atoms with van der Waals surface area (Å²) in [6.07, 6.45) is 1.37. The van der Waals surface area contributed by atoms with Crippen molar-refractivity contribution in [1.82, 2.24) is 4.57 Å². The van der Waals surface area contributed by atoms with E-state index in [-0.39, 0.29) is 17.9 Å². The number of carbonyl (C=O) groups excluding carboxylic acids is 1. The topological polar surface area (TPSA) is 121 Å². The van der Waals surface area contributed by atoms with Crippen LogP contribution < -0.4 is 11.1 Å². The summed E-state index contributed by atoms with van der Waals surface area (Å²) in [5.41, 5.74) is 9.73. The molecule has 0 aliphatic rings. The van der Waals surface area contributed by atoms with E-state index in [1.54, 1.807) is 47.9 Å². The number of amides is 1. The number of fused-ring (bicyclic) bond motifs is 1. The Balaban J connectivity index is 2.12. The number of aromatic carboxylic acids is 1. The molecule has 5 N–H and O–H groups in total. The van der Waals surface area contributed by atoms with Crippen LogP contribution in [0.2, 0.25) is 0 Å². The summed E-state index contributed by atoms with van der Waals surface area (Å²) in [6, 6.07) is 15.6. The number of hydrogen-bond donors (Lipinski definition) is 4. The quantitative estimate of drug-likeness (QED) is 0.245. The summed E-state index contributed by atoms with van der Waals surface area (Å²) in [5, 5.41) is 20.6. The molecule has 1 amide bonds. The van der Waals surface area contributed by atoms with Crippen LogP contribution in [0.4, 0.5) is 15.9 Å². The average molecular weight is 444 g/mol. The number of nitrogens with one attached hydrogen (secondary N) is 2. The summed E-state index contributed by atoms with van der Waals surface area (Å²) in [7, 11) is 0. The van der Waals surface area contributed by atoms with Gasteiger partial charge in [0, 0.05) is 40.5 Å². The van der Waals surface area contributed by atoms with Gasteiger partial charge >= 0.3 is 5.97 Å². The van der Waals surface area contributed by atoms with Crippen LogP contribution in [0, 0.1) is 11.2 Å². The normalized spacial score (nSPS) is 10.8. The van der Waals surface area contributed by atoms with Crippen molar-refractivity contribution in [3.05, 3.63) is 77.6 Å². The Labute approximate surface area is 188 Å². The van der Waals surface area contributed by atoms with E-state index >= 15 is 0 Å². The molecule has 0 saturated heterocycles. The molecule has 3 aromatic carbocycles. The van der Waals surface area contributed by atoms with E-state index in [1.807, 2.05) is 0 Å². The molecule has 0 unspecified atom stereocenters.